The van der Waals surface area contributed by atoms with Crippen LogP contribution in [0.3, 0.4) is 0 Å². The van der Waals surface area contributed by atoms with Crippen molar-refractivity contribution in [2.75, 3.05) is 13.2 Å². The Balaban J connectivity index is 1.61. The summed E-state index contributed by atoms with van der Waals surface area (Å²) < 4.78 is 8.42. The highest BCUT2D eigenvalue weighted by molar-refractivity contribution is 9.10. The lowest BCUT2D eigenvalue weighted by Gasteiger charge is -2.08. The molecule has 1 amide bonds. The number of fused-ring (bicyclic) bond motifs is 1. The van der Waals surface area contributed by atoms with Gasteiger partial charge in [-0.3, -0.25) is 9.20 Å². The van der Waals surface area contributed by atoms with Crippen molar-refractivity contribution in [2.24, 2.45) is 0 Å². The summed E-state index contributed by atoms with van der Waals surface area (Å²) in [5.41, 5.74) is 3.17. The van der Waals surface area contributed by atoms with E-state index in [2.05, 4.69) is 26.2 Å². The van der Waals surface area contributed by atoms with Crippen molar-refractivity contribution in [3.8, 4) is 5.75 Å². The van der Waals surface area contributed by atoms with E-state index in [1.165, 1.54) is 0 Å². The van der Waals surface area contributed by atoms with E-state index in [-0.39, 0.29) is 5.91 Å². The number of halogens is 1. The van der Waals surface area contributed by atoms with Gasteiger partial charge in [0.2, 0.25) is 0 Å². The summed E-state index contributed by atoms with van der Waals surface area (Å²) in [5, 5.41) is 2.88. The lowest BCUT2D eigenvalue weighted by Crippen LogP contribution is -2.29. The van der Waals surface area contributed by atoms with Crippen molar-refractivity contribution >= 4 is 27.5 Å². The van der Waals surface area contributed by atoms with Gasteiger partial charge in [0.25, 0.3) is 5.91 Å². The number of hydrogen-bond donors (Lipinski definition) is 1. The standard InChI is InChI=1S/C18H18BrN3O2/c1-12-7-9-22-16(11-12)21-13(2)17(22)18(23)20-8-10-24-15-5-3-14(19)4-6-15/h3-7,9,11H,8,10H2,1-2H3,(H,20,23). The molecule has 0 bridgehead atoms. The molecule has 2 aromatic heterocycles. The Kier molecular flexibility index (Phi) is 4.85. The van der Waals surface area contributed by atoms with Gasteiger partial charge in [-0.15, -0.1) is 0 Å². The minimum absolute atomic E-state index is 0.150. The van der Waals surface area contributed by atoms with Crippen molar-refractivity contribution in [1.82, 2.24) is 14.7 Å². The van der Waals surface area contributed by atoms with Crippen LogP contribution in [0, 0.1) is 13.8 Å². The molecule has 0 atom stereocenters. The van der Waals surface area contributed by atoms with Crippen molar-refractivity contribution in [2.45, 2.75) is 13.8 Å². The number of aryl methyl sites for hydroxylation is 2. The molecule has 0 spiro atoms. The van der Waals surface area contributed by atoms with Gasteiger partial charge in [-0.2, -0.15) is 0 Å². The number of aromatic nitrogens is 2. The quantitative estimate of drug-likeness (QED) is 0.681. The molecule has 0 fully saturated rings. The first-order valence-corrected chi connectivity index (χ1v) is 8.46. The maximum Gasteiger partial charge on any atom is 0.270 e. The summed E-state index contributed by atoms with van der Waals surface area (Å²) in [5.74, 6) is 0.622. The Bertz CT molecular complexity index is 872. The smallest absolute Gasteiger partial charge is 0.270 e. The number of amides is 1. The minimum atomic E-state index is -0.150. The fourth-order valence-electron chi connectivity index (χ4n) is 2.49. The number of nitrogens with one attached hydrogen (secondary N) is 1. The zero-order valence-electron chi connectivity index (χ0n) is 13.5. The van der Waals surface area contributed by atoms with Crippen LogP contribution < -0.4 is 10.1 Å². The van der Waals surface area contributed by atoms with Gasteiger partial charge in [0.15, 0.2) is 0 Å². The third-order valence-corrected chi connectivity index (χ3v) is 4.17. The average Bonchev–Trinajstić information content (AvgIpc) is 2.88. The molecule has 0 saturated carbocycles. The molecule has 0 unspecified atom stereocenters. The Morgan fingerprint density at radius 3 is 2.75 bits per heavy atom. The molecule has 0 saturated heterocycles. The second-order valence-electron chi connectivity index (χ2n) is 5.54. The maximum atomic E-state index is 12.4. The van der Waals surface area contributed by atoms with Crippen LogP contribution in [-0.4, -0.2) is 28.4 Å². The van der Waals surface area contributed by atoms with E-state index >= 15 is 0 Å². The molecule has 24 heavy (non-hydrogen) atoms. The monoisotopic (exact) mass is 387 g/mol. The van der Waals surface area contributed by atoms with Gasteiger partial charge in [-0.05, 0) is 55.8 Å². The molecular weight excluding hydrogens is 370 g/mol. The number of imidazole rings is 1. The molecule has 3 aromatic rings. The lowest BCUT2D eigenvalue weighted by molar-refractivity contribution is 0.0940. The Labute approximate surface area is 148 Å². The number of carbonyl (C=O) groups excluding carboxylic acids is 1. The minimum Gasteiger partial charge on any atom is -0.492 e. The molecule has 5 nitrogen and oxygen atoms in total. The van der Waals surface area contributed by atoms with Crippen molar-refractivity contribution in [3.05, 3.63) is 64.0 Å². The largest absolute Gasteiger partial charge is 0.492 e. The van der Waals surface area contributed by atoms with Gasteiger partial charge in [0.05, 0.1) is 12.2 Å². The highest BCUT2D eigenvalue weighted by atomic mass is 79.9. The van der Waals surface area contributed by atoms with E-state index in [1.807, 2.05) is 60.8 Å². The highest BCUT2D eigenvalue weighted by Gasteiger charge is 2.16. The van der Waals surface area contributed by atoms with Crippen molar-refractivity contribution < 1.29 is 9.53 Å². The summed E-state index contributed by atoms with van der Waals surface area (Å²) in [4.78, 5) is 16.9. The van der Waals surface area contributed by atoms with E-state index < -0.39 is 0 Å². The van der Waals surface area contributed by atoms with E-state index in [0.29, 0.717) is 24.5 Å². The summed E-state index contributed by atoms with van der Waals surface area (Å²) in [6.07, 6.45) is 1.87. The first-order chi connectivity index (χ1) is 11.5. The molecule has 0 aliphatic rings. The molecule has 1 aromatic carbocycles. The van der Waals surface area contributed by atoms with Crippen LogP contribution in [0.4, 0.5) is 0 Å². The molecule has 3 rings (SSSR count). The number of rotatable bonds is 5. The third-order valence-electron chi connectivity index (χ3n) is 3.64. The van der Waals surface area contributed by atoms with Crippen LogP contribution in [0.25, 0.3) is 5.65 Å². The molecule has 1 N–H and O–H groups in total. The van der Waals surface area contributed by atoms with Crippen molar-refractivity contribution in [3.63, 3.8) is 0 Å². The SMILES string of the molecule is Cc1ccn2c(C(=O)NCCOc3ccc(Br)cc3)c(C)nc2c1. The van der Waals surface area contributed by atoms with Crippen LogP contribution >= 0.6 is 15.9 Å². The van der Waals surface area contributed by atoms with E-state index in [0.717, 1.165) is 21.4 Å². The number of benzene rings is 1. The molecule has 0 aliphatic heterocycles. The molecule has 2 heterocycles. The lowest BCUT2D eigenvalue weighted by atomic mass is 10.3. The first-order valence-electron chi connectivity index (χ1n) is 7.66. The zero-order chi connectivity index (χ0) is 17.1. The maximum absolute atomic E-state index is 12.4. The Hall–Kier alpha value is -2.34. The van der Waals surface area contributed by atoms with Gasteiger partial charge in [0, 0.05) is 10.7 Å². The number of hydrogen-bond acceptors (Lipinski definition) is 3. The van der Waals surface area contributed by atoms with Crippen LogP contribution in [0.15, 0.2) is 47.1 Å². The normalized spacial score (nSPS) is 10.8. The van der Waals surface area contributed by atoms with Crippen LogP contribution in [0.5, 0.6) is 5.75 Å². The fraction of sp³-hybridized carbons (Fsp3) is 0.222. The Morgan fingerprint density at radius 1 is 1.25 bits per heavy atom. The van der Waals surface area contributed by atoms with E-state index in [9.17, 15) is 4.79 Å². The second-order valence-corrected chi connectivity index (χ2v) is 6.45. The predicted octanol–water partition coefficient (Wildman–Crippen LogP) is 3.52. The second kappa shape index (κ2) is 7.05. The zero-order valence-corrected chi connectivity index (χ0v) is 15.1. The molecular formula is C18H18BrN3O2. The summed E-state index contributed by atoms with van der Waals surface area (Å²) >= 11 is 3.38. The first kappa shape index (κ1) is 16.5. The highest BCUT2D eigenvalue weighted by Crippen LogP contribution is 2.16. The summed E-state index contributed by atoms with van der Waals surface area (Å²) in [6.45, 7) is 4.68. The van der Waals surface area contributed by atoms with Crippen LogP contribution in [0.2, 0.25) is 0 Å². The number of carbonyl (C=O) groups is 1. The fourth-order valence-corrected chi connectivity index (χ4v) is 2.75. The molecule has 6 heteroatoms. The van der Waals surface area contributed by atoms with Crippen molar-refractivity contribution in [1.29, 1.82) is 0 Å². The topological polar surface area (TPSA) is 55.6 Å². The van der Waals surface area contributed by atoms with Gasteiger partial charge in [-0.1, -0.05) is 15.9 Å². The molecule has 124 valence electrons. The van der Waals surface area contributed by atoms with Gasteiger partial charge < -0.3 is 10.1 Å². The van der Waals surface area contributed by atoms with Crippen LogP contribution in [0.1, 0.15) is 21.7 Å². The van der Waals surface area contributed by atoms with Gasteiger partial charge in [0.1, 0.15) is 23.7 Å². The number of pyridine rings is 1. The Morgan fingerprint density at radius 2 is 2.00 bits per heavy atom. The van der Waals surface area contributed by atoms with E-state index in [4.69, 9.17) is 4.74 Å². The summed E-state index contributed by atoms with van der Waals surface area (Å²) in [7, 11) is 0. The summed E-state index contributed by atoms with van der Waals surface area (Å²) in [6, 6.07) is 11.5. The number of nitrogens with zero attached hydrogens (tertiary/aromatic N) is 2. The van der Waals surface area contributed by atoms with Crippen LogP contribution in [-0.2, 0) is 0 Å². The van der Waals surface area contributed by atoms with E-state index in [1.54, 1.807) is 0 Å². The molecule has 0 radical (unpaired) electrons. The van der Waals surface area contributed by atoms with Gasteiger partial charge in [-0.25, -0.2) is 4.98 Å². The average molecular weight is 388 g/mol. The molecule has 0 aliphatic carbocycles. The number of ether oxygens (including phenoxy) is 1. The third kappa shape index (κ3) is 3.59. The van der Waals surface area contributed by atoms with Gasteiger partial charge >= 0.3 is 0 Å². The predicted molar refractivity (Wildman–Crippen MR) is 96.6 cm³/mol.